The van der Waals surface area contributed by atoms with Crippen molar-refractivity contribution >= 4 is 23.4 Å². The van der Waals surface area contributed by atoms with Crippen molar-refractivity contribution in [2.45, 2.75) is 19.9 Å². The monoisotopic (exact) mass is 399 g/mol. The van der Waals surface area contributed by atoms with Crippen molar-refractivity contribution in [3.63, 3.8) is 0 Å². The Hall–Kier alpha value is -2.37. The summed E-state index contributed by atoms with van der Waals surface area (Å²) < 4.78 is 0. The normalized spacial score (nSPS) is 15.1. The first-order valence-corrected chi connectivity index (χ1v) is 9.99. The highest BCUT2D eigenvalue weighted by Crippen LogP contribution is 2.13. The third-order valence-corrected chi connectivity index (χ3v) is 5.32. The smallest absolute Gasteiger partial charge is 0.251 e. The van der Waals surface area contributed by atoms with Crippen molar-refractivity contribution < 1.29 is 9.59 Å². The number of carbonyl (C=O) groups excluding carboxylic acids is 2. The largest absolute Gasteiger partial charge is 0.343 e. The van der Waals surface area contributed by atoms with Gasteiger partial charge in [-0.3, -0.25) is 14.5 Å². The average molecular weight is 400 g/mol. The van der Waals surface area contributed by atoms with Crippen LogP contribution >= 0.6 is 11.6 Å². The average Bonchev–Trinajstić information content (AvgIpc) is 2.93. The highest BCUT2D eigenvalue weighted by Gasteiger charge is 2.20. The van der Waals surface area contributed by atoms with Crippen LogP contribution in [0.5, 0.6) is 0 Å². The molecule has 1 aliphatic heterocycles. The molecule has 0 aliphatic carbocycles. The van der Waals surface area contributed by atoms with Gasteiger partial charge in [0.05, 0.1) is 6.54 Å². The lowest BCUT2D eigenvalue weighted by Gasteiger charge is -2.22. The minimum absolute atomic E-state index is 0.00312. The number of carbonyl (C=O) groups is 2. The Morgan fingerprint density at radius 1 is 1.04 bits per heavy atom. The molecule has 3 rings (SSSR count). The van der Waals surface area contributed by atoms with Crippen LogP contribution in [-0.4, -0.2) is 54.3 Å². The highest BCUT2D eigenvalue weighted by molar-refractivity contribution is 6.30. The van der Waals surface area contributed by atoms with Gasteiger partial charge in [0.25, 0.3) is 5.91 Å². The Kier molecular flexibility index (Phi) is 7.06. The summed E-state index contributed by atoms with van der Waals surface area (Å²) in [6, 6.07) is 15.1. The molecule has 0 saturated carbocycles. The van der Waals surface area contributed by atoms with E-state index in [1.807, 2.05) is 4.90 Å². The number of benzene rings is 2. The van der Waals surface area contributed by atoms with Crippen LogP contribution in [0.15, 0.2) is 48.5 Å². The molecule has 0 unspecified atom stereocenters. The van der Waals surface area contributed by atoms with E-state index < -0.39 is 0 Å². The van der Waals surface area contributed by atoms with Gasteiger partial charge in [0.1, 0.15) is 0 Å². The maximum Gasteiger partial charge on any atom is 0.251 e. The molecule has 0 atom stereocenters. The Labute approximate surface area is 171 Å². The SMILES string of the molecule is Cc1ccccc1CN1CCCN(C(=O)CNC(=O)c2cccc(Cl)c2)CC1. The minimum Gasteiger partial charge on any atom is -0.343 e. The van der Waals surface area contributed by atoms with Crippen LogP contribution in [0, 0.1) is 6.92 Å². The molecule has 0 bridgehead atoms. The van der Waals surface area contributed by atoms with Crippen molar-refractivity contribution in [3.05, 3.63) is 70.2 Å². The number of hydrogen-bond acceptors (Lipinski definition) is 3. The van der Waals surface area contributed by atoms with Gasteiger partial charge in [0.15, 0.2) is 0 Å². The van der Waals surface area contributed by atoms with Crippen LogP contribution in [0.1, 0.15) is 27.9 Å². The van der Waals surface area contributed by atoms with E-state index in [1.165, 1.54) is 11.1 Å². The van der Waals surface area contributed by atoms with Crippen molar-refractivity contribution in [1.29, 1.82) is 0 Å². The van der Waals surface area contributed by atoms with Crippen molar-refractivity contribution in [2.24, 2.45) is 0 Å². The number of nitrogens with one attached hydrogen (secondary N) is 1. The van der Waals surface area contributed by atoms with Crippen molar-refractivity contribution in [3.8, 4) is 0 Å². The number of rotatable bonds is 5. The number of hydrogen-bond donors (Lipinski definition) is 1. The van der Waals surface area contributed by atoms with Crippen LogP contribution in [-0.2, 0) is 11.3 Å². The van der Waals surface area contributed by atoms with Gasteiger partial charge in [-0.25, -0.2) is 0 Å². The van der Waals surface area contributed by atoms with Gasteiger partial charge in [0.2, 0.25) is 5.91 Å². The van der Waals surface area contributed by atoms with Gasteiger partial charge in [0, 0.05) is 43.3 Å². The number of aryl methyl sites for hydroxylation is 1. The van der Waals surface area contributed by atoms with E-state index in [2.05, 4.69) is 41.4 Å². The zero-order valence-electron chi connectivity index (χ0n) is 16.2. The fourth-order valence-electron chi connectivity index (χ4n) is 3.41. The number of nitrogens with zero attached hydrogens (tertiary/aromatic N) is 2. The molecular weight excluding hydrogens is 374 g/mol. The van der Waals surface area contributed by atoms with E-state index in [4.69, 9.17) is 11.6 Å². The summed E-state index contributed by atoms with van der Waals surface area (Å²) in [7, 11) is 0. The molecule has 2 aromatic rings. The highest BCUT2D eigenvalue weighted by atomic mass is 35.5. The molecule has 0 aromatic heterocycles. The van der Waals surface area contributed by atoms with E-state index >= 15 is 0 Å². The fourth-order valence-corrected chi connectivity index (χ4v) is 3.60. The summed E-state index contributed by atoms with van der Waals surface area (Å²) in [4.78, 5) is 29.0. The van der Waals surface area contributed by atoms with Crippen LogP contribution < -0.4 is 5.32 Å². The Bertz CT molecular complexity index is 840. The molecule has 1 heterocycles. The summed E-state index contributed by atoms with van der Waals surface area (Å²) in [5, 5.41) is 3.20. The van der Waals surface area contributed by atoms with Gasteiger partial charge < -0.3 is 10.2 Å². The lowest BCUT2D eigenvalue weighted by molar-refractivity contribution is -0.130. The molecule has 1 aliphatic rings. The topological polar surface area (TPSA) is 52.6 Å². The van der Waals surface area contributed by atoms with Gasteiger partial charge >= 0.3 is 0 Å². The second-order valence-electron chi connectivity index (χ2n) is 7.13. The Balaban J connectivity index is 1.49. The van der Waals surface area contributed by atoms with Gasteiger partial charge in [-0.1, -0.05) is 41.9 Å². The molecule has 0 radical (unpaired) electrons. The van der Waals surface area contributed by atoms with E-state index in [-0.39, 0.29) is 18.4 Å². The Morgan fingerprint density at radius 3 is 2.64 bits per heavy atom. The van der Waals surface area contributed by atoms with Gasteiger partial charge in [-0.2, -0.15) is 0 Å². The molecule has 5 nitrogen and oxygen atoms in total. The van der Waals surface area contributed by atoms with Crippen molar-refractivity contribution in [1.82, 2.24) is 15.1 Å². The van der Waals surface area contributed by atoms with E-state index in [9.17, 15) is 9.59 Å². The van der Waals surface area contributed by atoms with Crippen LogP contribution in [0.3, 0.4) is 0 Å². The van der Waals surface area contributed by atoms with Crippen LogP contribution in [0.4, 0.5) is 0 Å². The maximum absolute atomic E-state index is 12.5. The zero-order valence-corrected chi connectivity index (χ0v) is 16.9. The summed E-state index contributed by atoms with van der Waals surface area (Å²) in [5.74, 6) is -0.333. The van der Waals surface area contributed by atoms with Gasteiger partial charge in [-0.05, 0) is 42.7 Å². The van der Waals surface area contributed by atoms with E-state index in [0.717, 1.165) is 32.6 Å². The summed E-state index contributed by atoms with van der Waals surface area (Å²) in [6.07, 6.45) is 0.930. The third-order valence-electron chi connectivity index (χ3n) is 5.08. The summed E-state index contributed by atoms with van der Waals surface area (Å²) in [5.41, 5.74) is 3.08. The predicted octanol–water partition coefficient (Wildman–Crippen LogP) is 3.11. The lowest BCUT2D eigenvalue weighted by atomic mass is 10.1. The second-order valence-corrected chi connectivity index (χ2v) is 7.57. The molecule has 148 valence electrons. The maximum atomic E-state index is 12.5. The molecule has 1 N–H and O–H groups in total. The number of halogens is 1. The lowest BCUT2D eigenvalue weighted by Crippen LogP contribution is -2.42. The van der Waals surface area contributed by atoms with E-state index in [1.54, 1.807) is 24.3 Å². The minimum atomic E-state index is -0.285. The van der Waals surface area contributed by atoms with Crippen LogP contribution in [0.25, 0.3) is 0 Å². The summed E-state index contributed by atoms with van der Waals surface area (Å²) in [6.45, 7) is 6.23. The van der Waals surface area contributed by atoms with Crippen LogP contribution in [0.2, 0.25) is 5.02 Å². The quantitative estimate of drug-likeness (QED) is 0.840. The molecular formula is C22H26ClN3O2. The first-order valence-electron chi connectivity index (χ1n) is 9.61. The van der Waals surface area contributed by atoms with E-state index in [0.29, 0.717) is 17.1 Å². The third kappa shape index (κ3) is 5.57. The standard InChI is InChI=1S/C22H26ClN3O2/c1-17-6-2-3-7-19(17)16-25-10-5-11-26(13-12-25)21(27)15-24-22(28)18-8-4-9-20(23)14-18/h2-4,6-9,14H,5,10-13,15-16H2,1H3,(H,24,28). The van der Waals surface area contributed by atoms with Crippen molar-refractivity contribution in [2.75, 3.05) is 32.7 Å². The second kappa shape index (κ2) is 9.71. The zero-order chi connectivity index (χ0) is 19.9. The molecule has 0 spiro atoms. The first kappa shape index (κ1) is 20.4. The Morgan fingerprint density at radius 2 is 1.86 bits per heavy atom. The number of amides is 2. The molecule has 2 amide bonds. The molecule has 1 fully saturated rings. The fraction of sp³-hybridized carbons (Fsp3) is 0.364. The molecule has 28 heavy (non-hydrogen) atoms. The molecule has 6 heteroatoms. The predicted molar refractivity (Wildman–Crippen MR) is 111 cm³/mol. The summed E-state index contributed by atoms with van der Waals surface area (Å²) >= 11 is 5.91. The molecule has 2 aromatic carbocycles. The molecule has 1 saturated heterocycles. The first-order chi connectivity index (χ1) is 13.5. The van der Waals surface area contributed by atoms with Gasteiger partial charge in [-0.15, -0.1) is 0 Å².